The van der Waals surface area contributed by atoms with Crippen molar-refractivity contribution in [2.24, 2.45) is 0 Å². The molecule has 0 spiro atoms. The number of hydrogen-bond donors (Lipinski definition) is 3. The summed E-state index contributed by atoms with van der Waals surface area (Å²) in [5.41, 5.74) is 6.57. The van der Waals surface area contributed by atoms with E-state index in [1.165, 1.54) is 5.56 Å². The number of pyridine rings is 1. The van der Waals surface area contributed by atoms with Crippen molar-refractivity contribution in [2.45, 2.75) is 20.0 Å². The lowest BCUT2D eigenvalue weighted by Crippen LogP contribution is -2.46. The summed E-state index contributed by atoms with van der Waals surface area (Å²) in [6.45, 7) is 8.49. The minimum atomic E-state index is -0.0489. The van der Waals surface area contributed by atoms with E-state index in [1.54, 1.807) is 0 Å². The molecular weight excluding hydrogens is 378 g/mol. The number of aromatic nitrogens is 2. The maximum atomic E-state index is 12.3. The number of amides is 1. The fourth-order valence-electron chi connectivity index (χ4n) is 4.57. The molecule has 5 rings (SSSR count). The van der Waals surface area contributed by atoms with Gasteiger partial charge in [0.25, 0.3) is 5.91 Å². The summed E-state index contributed by atoms with van der Waals surface area (Å²) in [6.07, 6.45) is 0. The number of rotatable bonds is 5. The van der Waals surface area contributed by atoms with E-state index in [-0.39, 0.29) is 12.5 Å². The highest BCUT2D eigenvalue weighted by molar-refractivity contribution is 6.04. The number of aryl methyl sites for hydroxylation is 1. The average molecular weight is 406 g/mol. The van der Waals surface area contributed by atoms with Crippen molar-refractivity contribution in [1.82, 2.24) is 25.1 Å². The van der Waals surface area contributed by atoms with E-state index in [1.807, 2.05) is 13.0 Å². The maximum absolute atomic E-state index is 12.3. The van der Waals surface area contributed by atoms with E-state index in [2.05, 4.69) is 49.4 Å². The third-order valence-electron chi connectivity index (χ3n) is 6.12. The van der Waals surface area contributed by atoms with E-state index in [9.17, 15) is 4.79 Å². The second-order valence-electron chi connectivity index (χ2n) is 8.28. The largest absolute Gasteiger partial charge is 0.395 e. The Hall–Kier alpha value is -2.74. The lowest BCUT2D eigenvalue weighted by Gasteiger charge is -2.34. The normalized spacial score (nSPS) is 17.5. The Bertz CT molecular complexity index is 1100. The minimum Gasteiger partial charge on any atom is -0.395 e. The number of nitrogens with one attached hydrogen (secondary N) is 2. The molecular formula is C23H27N5O2. The van der Waals surface area contributed by atoms with Gasteiger partial charge in [-0.3, -0.25) is 19.6 Å². The topological polar surface area (TPSA) is 84.5 Å². The van der Waals surface area contributed by atoms with Gasteiger partial charge >= 0.3 is 0 Å². The van der Waals surface area contributed by atoms with Crippen molar-refractivity contribution in [3.05, 3.63) is 52.7 Å². The van der Waals surface area contributed by atoms with Gasteiger partial charge < -0.3 is 15.4 Å². The van der Waals surface area contributed by atoms with Crippen molar-refractivity contribution in [1.29, 1.82) is 0 Å². The van der Waals surface area contributed by atoms with E-state index in [0.29, 0.717) is 12.1 Å². The number of β-amino-alcohol motifs (C(OH)–C–C–N with tert-alkyl or cyclic N) is 1. The highest BCUT2D eigenvalue weighted by Gasteiger charge is 2.25. The van der Waals surface area contributed by atoms with Gasteiger partial charge in [0.1, 0.15) is 0 Å². The predicted molar refractivity (Wildman–Crippen MR) is 116 cm³/mol. The molecule has 30 heavy (non-hydrogen) atoms. The highest BCUT2D eigenvalue weighted by Crippen LogP contribution is 2.30. The molecule has 0 bridgehead atoms. The van der Waals surface area contributed by atoms with Crippen LogP contribution in [0.3, 0.4) is 0 Å². The van der Waals surface area contributed by atoms with Gasteiger partial charge in [-0.2, -0.15) is 0 Å². The maximum Gasteiger partial charge on any atom is 0.254 e. The molecule has 0 atom stereocenters. The first-order chi connectivity index (χ1) is 14.6. The molecule has 4 heterocycles. The van der Waals surface area contributed by atoms with Gasteiger partial charge in [-0.15, -0.1) is 0 Å². The lowest BCUT2D eigenvalue weighted by atomic mass is 10.1. The van der Waals surface area contributed by atoms with Crippen LogP contribution in [0.25, 0.3) is 22.3 Å². The van der Waals surface area contributed by atoms with Crippen molar-refractivity contribution in [3.63, 3.8) is 0 Å². The third kappa shape index (κ3) is 3.60. The van der Waals surface area contributed by atoms with Crippen molar-refractivity contribution >= 4 is 16.8 Å². The van der Waals surface area contributed by atoms with E-state index < -0.39 is 0 Å². The third-order valence-corrected chi connectivity index (χ3v) is 6.12. The Balaban J connectivity index is 1.39. The van der Waals surface area contributed by atoms with Crippen LogP contribution in [0.15, 0.2) is 30.3 Å². The molecule has 2 aliphatic heterocycles. The van der Waals surface area contributed by atoms with E-state index in [4.69, 9.17) is 5.11 Å². The molecule has 2 aliphatic rings. The molecule has 0 radical (unpaired) electrons. The number of fused-ring (bicyclic) bond motifs is 2. The molecule has 1 saturated heterocycles. The van der Waals surface area contributed by atoms with Crippen LogP contribution < -0.4 is 5.32 Å². The molecule has 0 unspecified atom stereocenters. The molecule has 0 saturated carbocycles. The highest BCUT2D eigenvalue weighted by atomic mass is 16.3. The zero-order valence-corrected chi connectivity index (χ0v) is 17.2. The number of aliphatic hydroxyl groups excluding tert-OH is 1. The van der Waals surface area contributed by atoms with Gasteiger partial charge in [-0.25, -0.2) is 0 Å². The number of benzene rings is 1. The molecule has 156 valence electrons. The minimum absolute atomic E-state index is 0.0489. The first-order valence-electron chi connectivity index (χ1n) is 10.6. The summed E-state index contributed by atoms with van der Waals surface area (Å²) < 4.78 is 0. The first kappa shape index (κ1) is 19.2. The van der Waals surface area contributed by atoms with E-state index in [0.717, 1.165) is 72.8 Å². The average Bonchev–Trinajstić information content (AvgIpc) is 3.32. The van der Waals surface area contributed by atoms with Gasteiger partial charge in [0.05, 0.1) is 23.6 Å². The van der Waals surface area contributed by atoms with Crippen molar-refractivity contribution in [3.8, 4) is 11.4 Å². The Morgan fingerprint density at radius 2 is 1.90 bits per heavy atom. The van der Waals surface area contributed by atoms with Gasteiger partial charge in [0.15, 0.2) is 0 Å². The summed E-state index contributed by atoms with van der Waals surface area (Å²) in [5.74, 6) is -0.0489. The van der Waals surface area contributed by atoms with Crippen LogP contribution in [-0.4, -0.2) is 70.1 Å². The van der Waals surface area contributed by atoms with Crippen LogP contribution in [0.1, 0.15) is 27.2 Å². The molecule has 3 aromatic rings. The van der Waals surface area contributed by atoms with Crippen LogP contribution in [0.4, 0.5) is 0 Å². The fraction of sp³-hybridized carbons (Fsp3) is 0.391. The molecule has 0 aliphatic carbocycles. The van der Waals surface area contributed by atoms with Gasteiger partial charge in [-0.05, 0) is 42.3 Å². The van der Waals surface area contributed by atoms with Crippen molar-refractivity contribution in [2.75, 3.05) is 39.3 Å². The predicted octanol–water partition coefficient (Wildman–Crippen LogP) is 1.89. The number of piperazine rings is 1. The number of aromatic amines is 1. The number of aliphatic hydroxyl groups is 1. The lowest BCUT2D eigenvalue weighted by molar-refractivity contribution is 0.0966. The number of carbonyl (C=O) groups excluding carboxylic acids is 1. The van der Waals surface area contributed by atoms with Gasteiger partial charge in [0, 0.05) is 62.4 Å². The van der Waals surface area contributed by atoms with Crippen LogP contribution in [0.5, 0.6) is 0 Å². The number of hydrogen-bond acceptors (Lipinski definition) is 5. The molecule has 2 aromatic heterocycles. The molecule has 7 heteroatoms. The SMILES string of the molecule is Cc1cc2c(c(-c3cc4cc(CN5CCN(CCO)CC5)ccc4[nH]3)n1)C(=O)NC2. The van der Waals surface area contributed by atoms with Crippen LogP contribution >= 0.6 is 0 Å². The number of nitrogens with zero attached hydrogens (tertiary/aromatic N) is 3. The standard InChI is InChI=1S/C23H27N5O2/c1-15-10-18-13-24-23(30)21(18)22(25-15)20-12-17-11-16(2-3-19(17)26-20)14-28-6-4-27(5-7-28)8-9-29/h2-3,10-12,26,29H,4-9,13-14H2,1H3,(H,24,30). The van der Waals surface area contributed by atoms with Crippen molar-refractivity contribution < 1.29 is 9.90 Å². The second-order valence-corrected chi connectivity index (χ2v) is 8.28. The number of carbonyl (C=O) groups is 1. The molecule has 3 N–H and O–H groups in total. The molecule has 7 nitrogen and oxygen atoms in total. The fourth-order valence-corrected chi connectivity index (χ4v) is 4.57. The van der Waals surface area contributed by atoms with Gasteiger partial charge in [-0.1, -0.05) is 6.07 Å². The summed E-state index contributed by atoms with van der Waals surface area (Å²) in [4.78, 5) is 25.2. The molecule has 1 fully saturated rings. The zero-order valence-electron chi connectivity index (χ0n) is 17.2. The monoisotopic (exact) mass is 405 g/mol. The summed E-state index contributed by atoms with van der Waals surface area (Å²) in [6, 6.07) is 10.6. The molecule has 1 amide bonds. The van der Waals surface area contributed by atoms with E-state index >= 15 is 0 Å². The summed E-state index contributed by atoms with van der Waals surface area (Å²) in [7, 11) is 0. The Labute approximate surface area is 175 Å². The van der Waals surface area contributed by atoms with Gasteiger partial charge in [0.2, 0.25) is 0 Å². The first-order valence-corrected chi connectivity index (χ1v) is 10.6. The second kappa shape index (κ2) is 7.83. The Kier molecular flexibility index (Phi) is 5.02. The number of H-pyrrole nitrogens is 1. The zero-order chi connectivity index (χ0) is 20.7. The Morgan fingerprint density at radius 3 is 2.70 bits per heavy atom. The Morgan fingerprint density at radius 1 is 1.10 bits per heavy atom. The van der Waals surface area contributed by atoms with Crippen LogP contribution in [0.2, 0.25) is 0 Å². The van der Waals surface area contributed by atoms with Crippen LogP contribution in [0, 0.1) is 6.92 Å². The smallest absolute Gasteiger partial charge is 0.254 e. The quantitative estimate of drug-likeness (QED) is 0.604. The summed E-state index contributed by atoms with van der Waals surface area (Å²) >= 11 is 0. The van der Waals surface area contributed by atoms with Crippen LogP contribution in [-0.2, 0) is 13.1 Å². The summed E-state index contributed by atoms with van der Waals surface area (Å²) in [5, 5.41) is 13.1. The molecule has 1 aromatic carbocycles.